The Morgan fingerprint density at radius 3 is 2.69 bits per heavy atom. The van der Waals surface area contributed by atoms with Gasteiger partial charge < -0.3 is 19.4 Å². The molecule has 2 N–H and O–H groups in total. The van der Waals surface area contributed by atoms with Crippen LogP contribution in [0.3, 0.4) is 0 Å². The predicted molar refractivity (Wildman–Crippen MR) is 99.5 cm³/mol. The van der Waals surface area contributed by atoms with E-state index in [1.807, 2.05) is 18.2 Å². The average Bonchev–Trinajstić information content (AvgIpc) is 2.65. The number of nitrogens with zero attached hydrogens (tertiary/aromatic N) is 3. The molecule has 8 heteroatoms. The molecule has 0 bridgehead atoms. The first-order valence-electron chi connectivity index (χ1n) is 8.57. The molecule has 2 heterocycles. The Morgan fingerprint density at radius 2 is 2.08 bits per heavy atom. The lowest BCUT2D eigenvalue weighted by molar-refractivity contribution is 0.350. The Balaban J connectivity index is 1.80. The van der Waals surface area contributed by atoms with Crippen molar-refractivity contribution in [3.63, 3.8) is 0 Å². The number of aromatic nitrogens is 1. The summed E-state index contributed by atoms with van der Waals surface area (Å²) < 4.78 is 16.3. The third-order valence-corrected chi connectivity index (χ3v) is 5.78. The normalized spacial score (nSPS) is 15.8. The fraction of sp³-hybridized carbons (Fsp3) is 0.444. The highest BCUT2D eigenvalue weighted by atomic mass is 31.2. The largest absolute Gasteiger partial charge is 0.497 e. The van der Waals surface area contributed by atoms with Gasteiger partial charge in [0.2, 0.25) is 0 Å². The Labute approximate surface area is 152 Å². The number of ether oxygens (including phenoxy) is 1. The summed E-state index contributed by atoms with van der Waals surface area (Å²) in [5.74, 6) is 1.86. The van der Waals surface area contributed by atoms with Crippen LogP contribution in [-0.4, -0.2) is 41.1 Å². The minimum atomic E-state index is -3.92. The summed E-state index contributed by atoms with van der Waals surface area (Å²) >= 11 is 0. The van der Waals surface area contributed by atoms with E-state index < -0.39 is 7.60 Å². The maximum absolute atomic E-state index is 11.1. The van der Waals surface area contributed by atoms with Crippen molar-refractivity contribution in [2.45, 2.75) is 19.3 Å². The van der Waals surface area contributed by atoms with Crippen molar-refractivity contribution in [2.24, 2.45) is 5.92 Å². The molecule has 0 radical (unpaired) electrons. The topological polar surface area (TPSA) is 107 Å². The van der Waals surface area contributed by atoms with Gasteiger partial charge in [-0.25, -0.2) is 4.98 Å². The van der Waals surface area contributed by atoms with Crippen LogP contribution in [0.2, 0.25) is 0 Å². The fourth-order valence-corrected chi connectivity index (χ4v) is 4.16. The van der Waals surface area contributed by atoms with Crippen LogP contribution in [0.5, 0.6) is 5.75 Å². The van der Waals surface area contributed by atoms with Gasteiger partial charge in [0.15, 0.2) is 0 Å². The number of rotatable bonds is 5. The lowest BCUT2D eigenvalue weighted by Gasteiger charge is -2.33. The van der Waals surface area contributed by atoms with E-state index >= 15 is 0 Å². The van der Waals surface area contributed by atoms with E-state index in [4.69, 9.17) is 14.5 Å². The number of benzene rings is 1. The van der Waals surface area contributed by atoms with Crippen molar-refractivity contribution in [1.82, 2.24) is 4.98 Å². The zero-order valence-corrected chi connectivity index (χ0v) is 15.5. The second kappa shape index (κ2) is 7.63. The number of hydrogen-bond acceptors (Lipinski definition) is 5. The van der Waals surface area contributed by atoms with E-state index in [2.05, 4.69) is 16.0 Å². The SMILES string of the molecule is COc1ccc2c(N3CCC(CCP(=O)(O)O)CC3)ncc(C#N)c2c1. The Hall–Kier alpha value is -2.13. The van der Waals surface area contributed by atoms with Crippen molar-refractivity contribution in [1.29, 1.82) is 5.26 Å². The number of fused-ring (bicyclic) bond motifs is 1. The van der Waals surface area contributed by atoms with E-state index in [1.165, 1.54) is 0 Å². The number of hydrogen-bond donors (Lipinski definition) is 2. The van der Waals surface area contributed by atoms with E-state index in [-0.39, 0.29) is 6.16 Å². The van der Waals surface area contributed by atoms with Gasteiger partial charge in [0.25, 0.3) is 0 Å². The number of piperidine rings is 1. The quantitative estimate of drug-likeness (QED) is 0.774. The molecule has 0 unspecified atom stereocenters. The van der Waals surface area contributed by atoms with Gasteiger partial charge in [-0.1, -0.05) is 0 Å². The second-order valence-electron chi connectivity index (χ2n) is 6.63. The van der Waals surface area contributed by atoms with Crippen LogP contribution in [0.1, 0.15) is 24.8 Å². The summed E-state index contributed by atoms with van der Waals surface area (Å²) in [7, 11) is -2.33. The molecule has 1 aliphatic rings. The van der Waals surface area contributed by atoms with E-state index in [0.717, 1.165) is 42.5 Å². The molecule has 0 aliphatic carbocycles. The van der Waals surface area contributed by atoms with E-state index in [0.29, 0.717) is 23.7 Å². The summed E-state index contributed by atoms with van der Waals surface area (Å²) in [4.78, 5) is 24.8. The molecular weight excluding hydrogens is 353 g/mol. The van der Waals surface area contributed by atoms with Crippen molar-refractivity contribution in [3.05, 3.63) is 30.0 Å². The van der Waals surface area contributed by atoms with Crippen LogP contribution in [0.25, 0.3) is 10.8 Å². The fourth-order valence-electron chi connectivity index (χ4n) is 3.46. The molecule has 3 rings (SSSR count). The summed E-state index contributed by atoms with van der Waals surface area (Å²) in [6.07, 6.45) is 3.85. The molecular formula is C18H22N3O4P. The maximum Gasteiger partial charge on any atom is 0.325 e. The van der Waals surface area contributed by atoms with Gasteiger partial charge >= 0.3 is 7.60 Å². The van der Waals surface area contributed by atoms with Crippen LogP contribution in [0.15, 0.2) is 24.4 Å². The smallest absolute Gasteiger partial charge is 0.325 e. The standard InChI is InChI=1S/C18H22N3O4P/c1-25-15-2-3-16-17(10-15)14(11-19)12-20-18(16)21-7-4-13(5-8-21)6-9-26(22,23)24/h2-3,10,12-13H,4-9H2,1H3,(H2,22,23,24). The van der Waals surface area contributed by atoms with Gasteiger partial charge in [-0.3, -0.25) is 4.57 Å². The Bertz CT molecular complexity index is 882. The first kappa shape index (κ1) is 18.7. The molecule has 1 aromatic heterocycles. The lowest BCUT2D eigenvalue weighted by atomic mass is 9.94. The van der Waals surface area contributed by atoms with Crippen LogP contribution < -0.4 is 9.64 Å². The number of nitriles is 1. The minimum absolute atomic E-state index is 0.0461. The maximum atomic E-state index is 11.1. The van der Waals surface area contributed by atoms with Crippen LogP contribution in [0, 0.1) is 17.2 Å². The Morgan fingerprint density at radius 1 is 1.35 bits per heavy atom. The Kier molecular flexibility index (Phi) is 5.47. The molecule has 0 amide bonds. The van der Waals surface area contributed by atoms with E-state index in [9.17, 15) is 9.83 Å². The molecule has 1 aromatic carbocycles. The van der Waals surface area contributed by atoms with Crippen LogP contribution in [-0.2, 0) is 4.57 Å². The zero-order valence-electron chi connectivity index (χ0n) is 14.6. The molecule has 26 heavy (non-hydrogen) atoms. The molecule has 138 valence electrons. The van der Waals surface area contributed by atoms with E-state index in [1.54, 1.807) is 13.3 Å². The first-order chi connectivity index (χ1) is 12.4. The van der Waals surface area contributed by atoms with Gasteiger partial charge in [-0.15, -0.1) is 0 Å². The molecule has 1 fully saturated rings. The third kappa shape index (κ3) is 4.16. The highest BCUT2D eigenvalue weighted by Crippen LogP contribution is 2.38. The zero-order chi connectivity index (χ0) is 18.7. The molecule has 0 atom stereocenters. The van der Waals surface area contributed by atoms with Crippen LogP contribution in [0.4, 0.5) is 5.82 Å². The summed E-state index contributed by atoms with van der Waals surface area (Å²) in [5, 5.41) is 11.1. The summed E-state index contributed by atoms with van der Waals surface area (Å²) in [6, 6.07) is 7.82. The average molecular weight is 375 g/mol. The first-order valence-corrected chi connectivity index (χ1v) is 10.4. The van der Waals surface area contributed by atoms with Gasteiger partial charge in [-0.05, 0) is 43.4 Å². The molecule has 2 aromatic rings. The monoisotopic (exact) mass is 375 g/mol. The summed E-state index contributed by atoms with van der Waals surface area (Å²) in [6.45, 7) is 1.57. The van der Waals surface area contributed by atoms with Gasteiger partial charge in [0.05, 0.1) is 18.8 Å². The van der Waals surface area contributed by atoms with Crippen molar-refractivity contribution in [2.75, 3.05) is 31.3 Å². The van der Waals surface area contributed by atoms with Crippen molar-refractivity contribution < 1.29 is 19.1 Å². The number of anilines is 1. The molecule has 7 nitrogen and oxygen atoms in total. The van der Waals surface area contributed by atoms with Crippen molar-refractivity contribution >= 4 is 24.2 Å². The predicted octanol–water partition coefficient (Wildman–Crippen LogP) is 2.90. The molecule has 0 saturated carbocycles. The molecule has 1 aliphatic heterocycles. The van der Waals surface area contributed by atoms with Crippen molar-refractivity contribution in [3.8, 4) is 11.8 Å². The van der Waals surface area contributed by atoms with Gasteiger partial charge in [0.1, 0.15) is 17.6 Å². The van der Waals surface area contributed by atoms with Crippen LogP contribution >= 0.6 is 7.60 Å². The molecule has 0 spiro atoms. The molecule has 1 saturated heterocycles. The summed E-state index contributed by atoms with van der Waals surface area (Å²) in [5.41, 5.74) is 0.513. The third-order valence-electron chi connectivity index (χ3n) is 4.94. The lowest BCUT2D eigenvalue weighted by Crippen LogP contribution is -2.34. The van der Waals surface area contributed by atoms with Gasteiger partial charge in [-0.2, -0.15) is 5.26 Å². The van der Waals surface area contributed by atoms with Gasteiger partial charge in [0, 0.05) is 30.1 Å². The highest BCUT2D eigenvalue weighted by molar-refractivity contribution is 7.51. The number of pyridine rings is 1. The second-order valence-corrected chi connectivity index (χ2v) is 8.40. The highest BCUT2D eigenvalue weighted by Gasteiger charge is 2.24. The minimum Gasteiger partial charge on any atom is -0.497 e. The number of methoxy groups -OCH3 is 1.